The molecule has 0 amide bonds. The molecule has 3 rings (SSSR count). The van der Waals surface area contributed by atoms with E-state index in [1.54, 1.807) is 7.11 Å². The molecule has 112 valence electrons. The molecule has 0 spiro atoms. The summed E-state index contributed by atoms with van der Waals surface area (Å²) in [5.74, 6) is 1.37. The summed E-state index contributed by atoms with van der Waals surface area (Å²) in [6.45, 7) is 2.01. The Balaban J connectivity index is 1.79. The molecule has 2 aromatic carbocycles. The van der Waals surface area contributed by atoms with Crippen LogP contribution in [0.2, 0.25) is 0 Å². The van der Waals surface area contributed by atoms with Crippen LogP contribution in [0.4, 0.5) is 0 Å². The Morgan fingerprint density at radius 3 is 2.50 bits per heavy atom. The highest BCUT2D eigenvalue weighted by atomic mass is 16.5. The number of nitrogens with zero attached hydrogens (tertiary/aromatic N) is 1. The van der Waals surface area contributed by atoms with Gasteiger partial charge in [-0.15, -0.1) is 5.10 Å². The highest BCUT2D eigenvalue weighted by molar-refractivity contribution is 5.67. The molecule has 1 aromatic heterocycles. The Morgan fingerprint density at radius 1 is 1.00 bits per heavy atom. The van der Waals surface area contributed by atoms with E-state index < -0.39 is 0 Å². The minimum atomic E-state index is -0.0602. The van der Waals surface area contributed by atoms with Gasteiger partial charge in [0, 0.05) is 11.6 Å². The average Bonchev–Trinajstić information content (AvgIpc) is 3.04. The van der Waals surface area contributed by atoms with Crippen molar-refractivity contribution in [3.05, 3.63) is 66.2 Å². The zero-order valence-electron chi connectivity index (χ0n) is 12.6. The number of aromatic amines is 1. The quantitative estimate of drug-likeness (QED) is 0.766. The molecule has 1 heterocycles. The Bertz CT molecular complexity index is 738. The molecule has 3 aromatic rings. The maximum Gasteiger partial charge on any atom is 0.233 e. The van der Waals surface area contributed by atoms with Crippen LogP contribution in [0, 0.1) is 0 Å². The predicted octanol–water partition coefficient (Wildman–Crippen LogP) is 4.23. The molecule has 0 fully saturated rings. The molecule has 0 saturated carbocycles. The van der Waals surface area contributed by atoms with Gasteiger partial charge in [-0.3, -0.25) is 5.10 Å². The zero-order valence-corrected chi connectivity index (χ0v) is 12.6. The van der Waals surface area contributed by atoms with E-state index in [0.29, 0.717) is 5.88 Å². The summed E-state index contributed by atoms with van der Waals surface area (Å²) in [7, 11) is 1.66. The van der Waals surface area contributed by atoms with Crippen LogP contribution in [-0.4, -0.2) is 17.3 Å². The monoisotopic (exact) mass is 294 g/mol. The maximum absolute atomic E-state index is 5.89. The first-order valence-electron chi connectivity index (χ1n) is 7.18. The van der Waals surface area contributed by atoms with Crippen LogP contribution >= 0.6 is 0 Å². The molecule has 4 nitrogen and oxygen atoms in total. The van der Waals surface area contributed by atoms with E-state index in [1.807, 2.05) is 67.6 Å². The van der Waals surface area contributed by atoms with Crippen LogP contribution in [0.25, 0.3) is 11.3 Å². The number of methoxy groups -OCH3 is 1. The van der Waals surface area contributed by atoms with Crippen LogP contribution in [-0.2, 0) is 0 Å². The Hall–Kier alpha value is -2.75. The molecule has 0 saturated heterocycles. The third kappa shape index (κ3) is 2.96. The van der Waals surface area contributed by atoms with E-state index in [-0.39, 0.29) is 6.10 Å². The van der Waals surface area contributed by atoms with Crippen molar-refractivity contribution in [3.63, 3.8) is 0 Å². The maximum atomic E-state index is 5.89. The molecule has 4 heteroatoms. The number of hydrogen-bond acceptors (Lipinski definition) is 3. The molecule has 1 N–H and O–H groups in total. The number of aromatic nitrogens is 2. The minimum absolute atomic E-state index is 0.0602. The van der Waals surface area contributed by atoms with Gasteiger partial charge in [0.1, 0.15) is 11.9 Å². The predicted molar refractivity (Wildman–Crippen MR) is 86.1 cm³/mol. The van der Waals surface area contributed by atoms with Crippen molar-refractivity contribution in [1.82, 2.24) is 10.2 Å². The smallest absolute Gasteiger partial charge is 0.233 e. The molecule has 1 atom stereocenters. The van der Waals surface area contributed by atoms with Crippen molar-refractivity contribution in [2.45, 2.75) is 13.0 Å². The van der Waals surface area contributed by atoms with Gasteiger partial charge >= 0.3 is 0 Å². The normalized spacial score (nSPS) is 11.9. The van der Waals surface area contributed by atoms with Gasteiger partial charge in [0.25, 0.3) is 0 Å². The lowest BCUT2D eigenvalue weighted by atomic mass is 10.1. The van der Waals surface area contributed by atoms with Crippen LogP contribution in [0.5, 0.6) is 11.6 Å². The lowest BCUT2D eigenvalue weighted by Crippen LogP contribution is -2.02. The highest BCUT2D eigenvalue weighted by Crippen LogP contribution is 2.30. The van der Waals surface area contributed by atoms with E-state index in [9.17, 15) is 0 Å². The lowest BCUT2D eigenvalue weighted by molar-refractivity contribution is 0.217. The summed E-state index contributed by atoms with van der Waals surface area (Å²) in [5, 5.41) is 7.23. The summed E-state index contributed by atoms with van der Waals surface area (Å²) in [6.07, 6.45) is -0.0602. The molecule has 0 radical (unpaired) electrons. The van der Waals surface area contributed by atoms with Crippen molar-refractivity contribution in [2.75, 3.05) is 7.11 Å². The van der Waals surface area contributed by atoms with Crippen LogP contribution in [0.15, 0.2) is 60.7 Å². The third-order valence-electron chi connectivity index (χ3n) is 3.52. The van der Waals surface area contributed by atoms with Crippen molar-refractivity contribution >= 4 is 0 Å². The van der Waals surface area contributed by atoms with Gasteiger partial charge in [0.15, 0.2) is 0 Å². The number of ether oxygens (including phenoxy) is 2. The molecule has 0 aliphatic carbocycles. The average molecular weight is 294 g/mol. The number of nitrogens with one attached hydrogen (secondary N) is 1. The first-order chi connectivity index (χ1) is 10.8. The Kier molecular flexibility index (Phi) is 4.10. The summed E-state index contributed by atoms with van der Waals surface area (Å²) < 4.78 is 11.3. The fraction of sp³-hybridized carbons (Fsp3) is 0.167. The zero-order chi connectivity index (χ0) is 15.4. The van der Waals surface area contributed by atoms with E-state index in [0.717, 1.165) is 22.6 Å². The molecule has 1 unspecified atom stereocenters. The van der Waals surface area contributed by atoms with Gasteiger partial charge in [-0.2, -0.15) is 0 Å². The fourth-order valence-electron chi connectivity index (χ4n) is 2.34. The van der Waals surface area contributed by atoms with Gasteiger partial charge in [-0.1, -0.05) is 42.5 Å². The molecule has 0 aliphatic heterocycles. The lowest BCUT2D eigenvalue weighted by Gasteiger charge is -2.12. The van der Waals surface area contributed by atoms with Gasteiger partial charge in [-0.25, -0.2) is 0 Å². The topological polar surface area (TPSA) is 47.1 Å². The summed E-state index contributed by atoms with van der Waals surface area (Å²) >= 11 is 0. The Labute approximate surface area is 129 Å². The van der Waals surface area contributed by atoms with Crippen molar-refractivity contribution in [1.29, 1.82) is 0 Å². The number of benzene rings is 2. The van der Waals surface area contributed by atoms with Gasteiger partial charge in [0.2, 0.25) is 5.88 Å². The first kappa shape index (κ1) is 14.2. The van der Waals surface area contributed by atoms with E-state index in [4.69, 9.17) is 9.47 Å². The standard InChI is InChI=1S/C18H18N2O2/c1-13(14-8-4-3-5-9-14)22-18-12-16(19-20-18)15-10-6-7-11-17(15)21-2/h3-13H,1-2H3,(H,19,20). The molecular formula is C18H18N2O2. The summed E-state index contributed by atoms with van der Waals surface area (Å²) in [6, 6.07) is 19.8. The minimum Gasteiger partial charge on any atom is -0.496 e. The third-order valence-corrected chi connectivity index (χ3v) is 3.52. The van der Waals surface area contributed by atoms with Crippen molar-refractivity contribution in [2.24, 2.45) is 0 Å². The largest absolute Gasteiger partial charge is 0.496 e. The van der Waals surface area contributed by atoms with Crippen LogP contribution < -0.4 is 9.47 Å². The highest BCUT2D eigenvalue weighted by Gasteiger charge is 2.12. The summed E-state index contributed by atoms with van der Waals surface area (Å²) in [5.41, 5.74) is 2.94. The molecule has 22 heavy (non-hydrogen) atoms. The van der Waals surface area contributed by atoms with E-state index >= 15 is 0 Å². The second-order valence-electron chi connectivity index (χ2n) is 4.99. The van der Waals surface area contributed by atoms with Gasteiger partial charge in [0.05, 0.1) is 12.8 Å². The fourth-order valence-corrected chi connectivity index (χ4v) is 2.34. The second kappa shape index (κ2) is 6.35. The molecule has 0 bridgehead atoms. The SMILES string of the molecule is COc1ccccc1-c1cc(OC(C)c2ccccc2)n[nH]1. The summed E-state index contributed by atoms with van der Waals surface area (Å²) in [4.78, 5) is 0. The second-order valence-corrected chi connectivity index (χ2v) is 4.99. The number of para-hydroxylation sites is 1. The number of H-pyrrole nitrogens is 1. The van der Waals surface area contributed by atoms with Crippen LogP contribution in [0.3, 0.4) is 0 Å². The van der Waals surface area contributed by atoms with Crippen molar-refractivity contribution < 1.29 is 9.47 Å². The van der Waals surface area contributed by atoms with Gasteiger partial charge < -0.3 is 9.47 Å². The van der Waals surface area contributed by atoms with E-state index in [1.165, 1.54) is 0 Å². The van der Waals surface area contributed by atoms with Gasteiger partial charge in [-0.05, 0) is 24.6 Å². The Morgan fingerprint density at radius 2 is 1.73 bits per heavy atom. The molecule has 0 aliphatic rings. The molecular weight excluding hydrogens is 276 g/mol. The number of hydrogen-bond donors (Lipinski definition) is 1. The number of rotatable bonds is 5. The first-order valence-corrected chi connectivity index (χ1v) is 7.18. The van der Waals surface area contributed by atoms with Crippen LogP contribution in [0.1, 0.15) is 18.6 Å². The van der Waals surface area contributed by atoms with Crippen molar-refractivity contribution in [3.8, 4) is 22.9 Å². The van der Waals surface area contributed by atoms with E-state index in [2.05, 4.69) is 10.2 Å².